The van der Waals surface area contributed by atoms with Crippen molar-refractivity contribution in [1.29, 1.82) is 0 Å². The van der Waals surface area contributed by atoms with Crippen LogP contribution in [0.5, 0.6) is 0 Å². The van der Waals surface area contributed by atoms with Crippen molar-refractivity contribution in [2.24, 2.45) is 5.41 Å². The molecule has 1 amide bonds. The summed E-state index contributed by atoms with van der Waals surface area (Å²) in [5.41, 5.74) is 2.51. The van der Waals surface area contributed by atoms with Gasteiger partial charge >= 0.3 is 0 Å². The summed E-state index contributed by atoms with van der Waals surface area (Å²) in [5, 5.41) is 6.35. The second-order valence-corrected chi connectivity index (χ2v) is 6.03. The number of amides is 1. The number of rotatable bonds is 3. The predicted octanol–water partition coefficient (Wildman–Crippen LogP) is 2.38. The smallest absolute Gasteiger partial charge is 0.231 e. The summed E-state index contributed by atoms with van der Waals surface area (Å²) >= 11 is 0. The molecule has 1 fully saturated rings. The Morgan fingerprint density at radius 1 is 1.52 bits per heavy atom. The molecule has 5 nitrogen and oxygen atoms in total. The quantitative estimate of drug-likeness (QED) is 0.911. The van der Waals surface area contributed by atoms with E-state index in [1.54, 1.807) is 0 Å². The Morgan fingerprint density at radius 3 is 3.10 bits per heavy atom. The van der Waals surface area contributed by atoms with Gasteiger partial charge in [-0.15, -0.1) is 0 Å². The maximum Gasteiger partial charge on any atom is 0.231 e. The molecule has 1 aliphatic heterocycles. The SMILES string of the molecule is CCn1cnc2cc(NC(=O)C3(C)CCCNC3)ccc21. The number of piperidine rings is 1. The maximum atomic E-state index is 12.5. The molecule has 0 spiro atoms. The van der Waals surface area contributed by atoms with Crippen LogP contribution in [0.15, 0.2) is 24.5 Å². The molecule has 1 aliphatic rings. The number of carbonyl (C=O) groups is 1. The van der Waals surface area contributed by atoms with Crippen molar-refractivity contribution >= 4 is 22.6 Å². The molecule has 5 heteroatoms. The first kappa shape index (κ1) is 14.1. The van der Waals surface area contributed by atoms with Crippen LogP contribution in [0.4, 0.5) is 5.69 Å². The Balaban J connectivity index is 1.79. The first-order valence-corrected chi connectivity index (χ1v) is 7.59. The van der Waals surface area contributed by atoms with Crippen molar-refractivity contribution in [1.82, 2.24) is 14.9 Å². The van der Waals surface area contributed by atoms with Crippen LogP contribution in [0.2, 0.25) is 0 Å². The number of aryl methyl sites for hydroxylation is 1. The van der Waals surface area contributed by atoms with Crippen molar-refractivity contribution in [2.75, 3.05) is 18.4 Å². The highest BCUT2D eigenvalue weighted by Crippen LogP contribution is 2.28. The van der Waals surface area contributed by atoms with E-state index in [1.165, 1.54) is 0 Å². The van der Waals surface area contributed by atoms with Crippen LogP contribution in [-0.4, -0.2) is 28.5 Å². The molecule has 0 saturated carbocycles. The van der Waals surface area contributed by atoms with E-state index in [4.69, 9.17) is 0 Å². The fourth-order valence-electron chi connectivity index (χ4n) is 2.93. The van der Waals surface area contributed by atoms with Crippen LogP contribution < -0.4 is 10.6 Å². The molecule has 2 aromatic rings. The van der Waals surface area contributed by atoms with Gasteiger partial charge in [0.25, 0.3) is 0 Å². The molecule has 0 bridgehead atoms. The summed E-state index contributed by atoms with van der Waals surface area (Å²) in [5.74, 6) is 0.0870. The lowest BCUT2D eigenvalue weighted by molar-refractivity contribution is -0.125. The van der Waals surface area contributed by atoms with Gasteiger partial charge in [0.1, 0.15) is 0 Å². The zero-order chi connectivity index (χ0) is 14.9. The van der Waals surface area contributed by atoms with Crippen molar-refractivity contribution in [3.05, 3.63) is 24.5 Å². The number of carbonyl (C=O) groups excluding carboxylic acids is 1. The van der Waals surface area contributed by atoms with Crippen LogP contribution in [0.25, 0.3) is 11.0 Å². The van der Waals surface area contributed by atoms with Gasteiger partial charge in [0, 0.05) is 18.8 Å². The minimum Gasteiger partial charge on any atom is -0.331 e. The molecule has 21 heavy (non-hydrogen) atoms. The van der Waals surface area contributed by atoms with Crippen molar-refractivity contribution in [2.45, 2.75) is 33.2 Å². The lowest BCUT2D eigenvalue weighted by Crippen LogP contribution is -2.46. The van der Waals surface area contributed by atoms with Crippen molar-refractivity contribution in [3.63, 3.8) is 0 Å². The molecule has 1 aromatic heterocycles. The molecule has 2 heterocycles. The number of aromatic nitrogens is 2. The van der Waals surface area contributed by atoms with Gasteiger partial charge in [-0.2, -0.15) is 0 Å². The van der Waals surface area contributed by atoms with Gasteiger partial charge < -0.3 is 15.2 Å². The van der Waals surface area contributed by atoms with E-state index in [2.05, 4.69) is 27.1 Å². The van der Waals surface area contributed by atoms with Gasteiger partial charge in [-0.1, -0.05) is 0 Å². The van der Waals surface area contributed by atoms with Gasteiger partial charge in [0.2, 0.25) is 5.91 Å². The lowest BCUT2D eigenvalue weighted by Gasteiger charge is -2.32. The minimum atomic E-state index is -0.323. The zero-order valence-electron chi connectivity index (χ0n) is 12.6. The van der Waals surface area contributed by atoms with E-state index in [0.717, 1.165) is 49.2 Å². The normalized spacial score (nSPS) is 22.4. The Hall–Kier alpha value is -1.88. The van der Waals surface area contributed by atoms with Gasteiger partial charge in [-0.05, 0) is 51.4 Å². The van der Waals surface area contributed by atoms with E-state index in [-0.39, 0.29) is 11.3 Å². The first-order valence-electron chi connectivity index (χ1n) is 7.59. The number of nitrogens with one attached hydrogen (secondary N) is 2. The maximum absolute atomic E-state index is 12.5. The summed E-state index contributed by atoms with van der Waals surface area (Å²) in [6.07, 6.45) is 3.81. The highest BCUT2D eigenvalue weighted by molar-refractivity contribution is 5.96. The third-order valence-electron chi connectivity index (χ3n) is 4.37. The van der Waals surface area contributed by atoms with Crippen LogP contribution in [-0.2, 0) is 11.3 Å². The van der Waals surface area contributed by atoms with E-state index in [1.807, 2.05) is 31.5 Å². The van der Waals surface area contributed by atoms with Gasteiger partial charge in [-0.3, -0.25) is 4.79 Å². The molecule has 3 rings (SSSR count). The highest BCUT2D eigenvalue weighted by Gasteiger charge is 2.34. The third kappa shape index (κ3) is 2.65. The van der Waals surface area contributed by atoms with Crippen molar-refractivity contribution in [3.8, 4) is 0 Å². The summed E-state index contributed by atoms with van der Waals surface area (Å²) < 4.78 is 2.09. The molecule has 1 unspecified atom stereocenters. The zero-order valence-corrected chi connectivity index (χ0v) is 12.6. The molecule has 1 atom stereocenters. The molecular weight excluding hydrogens is 264 g/mol. The van der Waals surface area contributed by atoms with Gasteiger partial charge in [0.05, 0.1) is 22.8 Å². The molecule has 0 aliphatic carbocycles. The predicted molar refractivity (Wildman–Crippen MR) is 84.2 cm³/mol. The van der Waals surface area contributed by atoms with Crippen LogP contribution >= 0.6 is 0 Å². The second kappa shape index (κ2) is 5.48. The fourth-order valence-corrected chi connectivity index (χ4v) is 2.93. The largest absolute Gasteiger partial charge is 0.331 e. The molecule has 112 valence electrons. The lowest BCUT2D eigenvalue weighted by atomic mass is 9.82. The Labute approximate surface area is 124 Å². The number of nitrogens with zero attached hydrogens (tertiary/aromatic N) is 2. The molecule has 0 radical (unpaired) electrons. The fraction of sp³-hybridized carbons (Fsp3) is 0.500. The number of imidazole rings is 1. The summed E-state index contributed by atoms with van der Waals surface area (Å²) in [6.45, 7) is 6.76. The second-order valence-electron chi connectivity index (χ2n) is 6.03. The number of fused-ring (bicyclic) bond motifs is 1. The van der Waals surface area contributed by atoms with Crippen LogP contribution in [0.3, 0.4) is 0 Å². The van der Waals surface area contributed by atoms with Gasteiger partial charge in [-0.25, -0.2) is 4.98 Å². The molecule has 1 aromatic carbocycles. The molecular formula is C16H22N4O. The summed E-state index contributed by atoms with van der Waals surface area (Å²) in [7, 11) is 0. The number of hydrogen-bond donors (Lipinski definition) is 2. The monoisotopic (exact) mass is 286 g/mol. The van der Waals surface area contributed by atoms with E-state index < -0.39 is 0 Å². The highest BCUT2D eigenvalue weighted by atomic mass is 16.2. The number of benzene rings is 1. The Morgan fingerprint density at radius 2 is 2.38 bits per heavy atom. The number of hydrogen-bond acceptors (Lipinski definition) is 3. The topological polar surface area (TPSA) is 59.0 Å². The number of anilines is 1. The van der Waals surface area contributed by atoms with Crippen LogP contribution in [0.1, 0.15) is 26.7 Å². The Kier molecular flexibility index (Phi) is 3.68. The molecule has 1 saturated heterocycles. The van der Waals surface area contributed by atoms with Crippen molar-refractivity contribution < 1.29 is 4.79 Å². The standard InChI is InChI=1S/C16H22N4O/c1-3-20-11-18-13-9-12(5-6-14(13)20)19-15(21)16(2)7-4-8-17-10-16/h5-6,9,11,17H,3-4,7-8,10H2,1-2H3,(H,19,21). The van der Waals surface area contributed by atoms with Crippen LogP contribution in [0, 0.1) is 5.41 Å². The Bertz CT molecular complexity index is 655. The average molecular weight is 286 g/mol. The first-order chi connectivity index (χ1) is 10.1. The van der Waals surface area contributed by atoms with E-state index in [9.17, 15) is 4.79 Å². The summed E-state index contributed by atoms with van der Waals surface area (Å²) in [4.78, 5) is 16.9. The van der Waals surface area contributed by atoms with Gasteiger partial charge in [0.15, 0.2) is 0 Å². The third-order valence-corrected chi connectivity index (χ3v) is 4.37. The van der Waals surface area contributed by atoms with E-state index in [0.29, 0.717) is 0 Å². The minimum absolute atomic E-state index is 0.0870. The average Bonchev–Trinajstić information content (AvgIpc) is 2.90. The molecule has 2 N–H and O–H groups in total. The van der Waals surface area contributed by atoms with E-state index >= 15 is 0 Å². The summed E-state index contributed by atoms with van der Waals surface area (Å²) in [6, 6.07) is 5.91.